The van der Waals surface area contributed by atoms with Gasteiger partial charge in [-0.05, 0) is 54.0 Å². The van der Waals surface area contributed by atoms with Crippen LogP contribution in [0.1, 0.15) is 0 Å². The Hall–Kier alpha value is -6.34. The summed E-state index contributed by atoms with van der Waals surface area (Å²) in [7, 11) is 0. The molecule has 0 spiro atoms. The highest BCUT2D eigenvalue weighted by molar-refractivity contribution is 6.96. The van der Waals surface area contributed by atoms with Gasteiger partial charge in [0.05, 0.1) is 39.3 Å². The van der Waals surface area contributed by atoms with Gasteiger partial charge in [-0.25, -0.2) is 4.98 Å². The largest absolute Gasteiger partial charge is 0.507 e. The van der Waals surface area contributed by atoms with Crippen LogP contribution in [0.2, 0.25) is 0 Å². The van der Waals surface area contributed by atoms with Gasteiger partial charge < -0.3 is 9.84 Å². The SMILES string of the molecule is Oc1ccccc1-c1nc2c(n1-c1ccccc1)Oc1ccccc1B2c1cccc(-n2[c-][n+](-c3ccccc3)c3ccccc32)c1. The molecule has 0 unspecified atom stereocenters. The Labute approximate surface area is 272 Å². The molecule has 1 N–H and O–H groups in total. The average molecular weight is 606 g/mol. The zero-order valence-corrected chi connectivity index (χ0v) is 25.2. The van der Waals surface area contributed by atoms with Crippen molar-refractivity contribution < 1.29 is 14.4 Å². The molecule has 6 aromatic carbocycles. The number of benzene rings is 6. The number of aromatic nitrogens is 4. The molecule has 1 aliphatic heterocycles. The van der Waals surface area contributed by atoms with Crippen LogP contribution in [0.5, 0.6) is 17.4 Å². The van der Waals surface area contributed by atoms with Gasteiger partial charge >= 0.3 is 0 Å². The first-order chi connectivity index (χ1) is 23.2. The lowest BCUT2D eigenvalue weighted by Gasteiger charge is -2.24. The topological polar surface area (TPSA) is 56.1 Å². The van der Waals surface area contributed by atoms with Crippen LogP contribution in [0.25, 0.3) is 39.5 Å². The van der Waals surface area contributed by atoms with Crippen LogP contribution in [0.4, 0.5) is 0 Å². The van der Waals surface area contributed by atoms with E-state index < -0.39 is 0 Å². The first-order valence-electron chi connectivity index (χ1n) is 15.6. The zero-order valence-electron chi connectivity index (χ0n) is 25.2. The maximum atomic E-state index is 11.0. The number of phenolic OH excluding ortho intramolecular Hbond substituents is 1. The van der Waals surface area contributed by atoms with Gasteiger partial charge in [0, 0.05) is 0 Å². The fourth-order valence-corrected chi connectivity index (χ4v) is 6.63. The fourth-order valence-electron chi connectivity index (χ4n) is 6.63. The number of aromatic hydroxyl groups is 1. The number of hydrogen-bond acceptors (Lipinski definition) is 3. The summed E-state index contributed by atoms with van der Waals surface area (Å²) < 4.78 is 12.9. The molecule has 6 nitrogen and oxygen atoms in total. The third kappa shape index (κ3) is 4.43. The molecule has 0 bridgehead atoms. The van der Waals surface area contributed by atoms with E-state index in [0.29, 0.717) is 17.3 Å². The van der Waals surface area contributed by atoms with Gasteiger partial charge in [-0.2, -0.15) is 0 Å². The van der Waals surface area contributed by atoms with Gasteiger partial charge in [-0.15, -0.1) is 0 Å². The summed E-state index contributed by atoms with van der Waals surface area (Å²) in [5, 5.41) is 11.0. The van der Waals surface area contributed by atoms with Crippen LogP contribution in [-0.4, -0.2) is 25.9 Å². The van der Waals surface area contributed by atoms with Gasteiger partial charge in [-0.3, -0.25) is 13.7 Å². The Bertz CT molecular complexity index is 2420. The minimum absolute atomic E-state index is 0.157. The van der Waals surface area contributed by atoms with Crippen LogP contribution in [0.3, 0.4) is 0 Å². The predicted octanol–water partition coefficient (Wildman–Crippen LogP) is 5.89. The van der Waals surface area contributed by atoms with Crippen LogP contribution in [0.15, 0.2) is 158 Å². The van der Waals surface area contributed by atoms with Gasteiger partial charge in [0.15, 0.2) is 5.82 Å². The van der Waals surface area contributed by atoms with Crippen molar-refractivity contribution >= 4 is 34.3 Å². The molecule has 0 radical (unpaired) electrons. The molecule has 0 fully saturated rings. The minimum atomic E-state index is -0.229. The third-order valence-electron chi connectivity index (χ3n) is 8.77. The lowest BCUT2D eigenvalue weighted by molar-refractivity contribution is -0.572. The molecule has 0 aliphatic carbocycles. The van der Waals surface area contributed by atoms with Crippen molar-refractivity contribution in [2.75, 3.05) is 0 Å². The van der Waals surface area contributed by atoms with Gasteiger partial charge in [0.25, 0.3) is 13.0 Å². The van der Waals surface area contributed by atoms with E-state index in [1.807, 2.05) is 89.5 Å². The monoisotopic (exact) mass is 606 g/mol. The molecule has 47 heavy (non-hydrogen) atoms. The van der Waals surface area contributed by atoms with Crippen molar-refractivity contribution in [2.45, 2.75) is 0 Å². The molecule has 0 saturated heterocycles. The molecule has 1 aliphatic rings. The molecular weight excluding hydrogens is 579 g/mol. The number of para-hydroxylation sites is 6. The lowest BCUT2D eigenvalue weighted by Crippen LogP contribution is -2.55. The van der Waals surface area contributed by atoms with Crippen LogP contribution in [0, 0.1) is 6.33 Å². The molecule has 0 saturated carbocycles. The van der Waals surface area contributed by atoms with E-state index in [-0.39, 0.29) is 12.5 Å². The van der Waals surface area contributed by atoms with Crippen LogP contribution >= 0.6 is 0 Å². The second kappa shape index (κ2) is 10.9. The van der Waals surface area contributed by atoms with E-state index in [4.69, 9.17) is 9.72 Å². The third-order valence-corrected chi connectivity index (χ3v) is 8.77. The molecule has 2 aromatic heterocycles. The number of hydrogen-bond donors (Lipinski definition) is 1. The van der Waals surface area contributed by atoms with E-state index in [2.05, 4.69) is 82.2 Å². The number of nitrogens with zero attached hydrogens (tertiary/aromatic N) is 4. The van der Waals surface area contributed by atoms with E-state index in [1.54, 1.807) is 6.07 Å². The van der Waals surface area contributed by atoms with Gasteiger partial charge in [0.2, 0.25) is 5.88 Å². The molecule has 0 amide bonds. The van der Waals surface area contributed by atoms with Gasteiger partial charge in [-0.1, -0.05) is 115 Å². The Kier molecular flexibility index (Phi) is 6.28. The highest BCUT2D eigenvalue weighted by Crippen LogP contribution is 2.36. The van der Waals surface area contributed by atoms with E-state index in [1.165, 1.54) is 0 Å². The summed E-state index contributed by atoms with van der Waals surface area (Å²) in [4.78, 5) is 5.27. The number of phenols is 1. The Balaban J connectivity index is 1.26. The van der Waals surface area contributed by atoms with E-state index in [9.17, 15) is 5.11 Å². The highest BCUT2D eigenvalue weighted by Gasteiger charge is 2.38. The van der Waals surface area contributed by atoms with Crippen molar-refractivity contribution in [3.63, 3.8) is 0 Å². The van der Waals surface area contributed by atoms with Crippen LogP contribution < -0.4 is 25.8 Å². The van der Waals surface area contributed by atoms with E-state index in [0.717, 1.165) is 50.4 Å². The molecular formula is C40H27BN4O2. The fraction of sp³-hybridized carbons (Fsp3) is 0. The standard InChI is InChI=1S/C40H27BN4O2/c46-36-24-11-7-20-32(36)39-42-38-40(45(39)30-17-5-2-6-18-30)47-37-25-12-8-21-33(37)41(38)28-14-13-19-31(26-28)44-27-43(29-15-3-1-4-16-29)34-22-9-10-23-35(34)44/h1-26,46H. The summed E-state index contributed by atoms with van der Waals surface area (Å²) in [6.07, 6.45) is 3.61. The zero-order chi connectivity index (χ0) is 31.3. The molecule has 7 heteroatoms. The second-order valence-electron chi connectivity index (χ2n) is 11.6. The summed E-state index contributed by atoms with van der Waals surface area (Å²) in [6.45, 7) is -0.229. The average Bonchev–Trinajstić information content (AvgIpc) is 3.71. The molecule has 3 heterocycles. The van der Waals surface area contributed by atoms with Crippen molar-refractivity contribution in [2.24, 2.45) is 0 Å². The Morgan fingerprint density at radius 1 is 0.681 bits per heavy atom. The normalized spacial score (nSPS) is 12.0. The first kappa shape index (κ1) is 27.0. The predicted molar refractivity (Wildman–Crippen MR) is 185 cm³/mol. The van der Waals surface area contributed by atoms with Crippen molar-refractivity contribution in [3.05, 3.63) is 164 Å². The minimum Gasteiger partial charge on any atom is -0.507 e. The van der Waals surface area contributed by atoms with Gasteiger partial charge in [0.1, 0.15) is 11.5 Å². The summed E-state index contributed by atoms with van der Waals surface area (Å²) in [6, 6.07) is 52.7. The molecule has 8 aromatic rings. The number of ether oxygens (including phenoxy) is 1. The maximum Gasteiger partial charge on any atom is 0.276 e. The summed E-state index contributed by atoms with van der Waals surface area (Å²) in [5.41, 5.74) is 8.55. The number of fused-ring (bicyclic) bond motifs is 3. The van der Waals surface area contributed by atoms with E-state index >= 15 is 0 Å². The molecule has 222 valence electrons. The quantitative estimate of drug-likeness (QED) is 0.151. The maximum absolute atomic E-state index is 11.0. The summed E-state index contributed by atoms with van der Waals surface area (Å²) in [5.74, 6) is 2.17. The molecule has 0 atom stereocenters. The number of imidazole rings is 2. The van der Waals surface area contributed by atoms with Crippen LogP contribution in [-0.2, 0) is 0 Å². The van der Waals surface area contributed by atoms with Crippen molar-refractivity contribution in [1.82, 2.24) is 14.1 Å². The molecule has 9 rings (SSSR count). The summed E-state index contributed by atoms with van der Waals surface area (Å²) >= 11 is 0. The van der Waals surface area contributed by atoms with Crippen molar-refractivity contribution in [3.8, 4) is 45.8 Å². The van der Waals surface area contributed by atoms with Crippen molar-refractivity contribution in [1.29, 1.82) is 0 Å². The smallest absolute Gasteiger partial charge is 0.276 e. The first-order valence-corrected chi connectivity index (χ1v) is 15.6. The lowest BCUT2D eigenvalue weighted by atomic mass is 9.37. The second-order valence-corrected chi connectivity index (χ2v) is 11.6. The highest BCUT2D eigenvalue weighted by atomic mass is 16.5. The number of rotatable bonds is 5. The Morgan fingerprint density at radius 3 is 2.23 bits per heavy atom. The Morgan fingerprint density at radius 2 is 1.38 bits per heavy atom.